The third kappa shape index (κ3) is 8.52. The van der Waals surface area contributed by atoms with Crippen molar-refractivity contribution in [1.29, 1.82) is 0 Å². The van der Waals surface area contributed by atoms with Gasteiger partial charge in [-0.25, -0.2) is 0 Å². The molecule has 0 fully saturated rings. The van der Waals surface area contributed by atoms with Crippen LogP contribution in [-0.4, -0.2) is 31.6 Å². The van der Waals surface area contributed by atoms with Gasteiger partial charge in [0.05, 0.1) is 17.3 Å². The van der Waals surface area contributed by atoms with E-state index in [1.807, 2.05) is 102 Å². The van der Waals surface area contributed by atoms with E-state index in [2.05, 4.69) is 89.8 Å². The molecule has 3 heterocycles. The number of pyridine rings is 1. The van der Waals surface area contributed by atoms with Crippen molar-refractivity contribution in [3.8, 4) is 11.4 Å². The molecule has 6 nitrogen and oxygen atoms in total. The quantitative estimate of drug-likeness (QED) is 0.117. The molecule has 0 aliphatic carbocycles. The topological polar surface area (TPSA) is 80.4 Å². The summed E-state index contributed by atoms with van der Waals surface area (Å²) in [5.41, 5.74) is 8.56. The minimum atomic E-state index is -0.863. The van der Waals surface area contributed by atoms with Gasteiger partial charge in [0.15, 0.2) is 0 Å². The van der Waals surface area contributed by atoms with Gasteiger partial charge in [0.25, 0.3) is 0 Å². The fourth-order valence-corrected chi connectivity index (χ4v) is 6.17. The van der Waals surface area contributed by atoms with E-state index in [0.29, 0.717) is 6.42 Å². The summed E-state index contributed by atoms with van der Waals surface area (Å²) >= 11 is 0. The van der Waals surface area contributed by atoms with E-state index in [1.165, 1.54) is 0 Å². The van der Waals surface area contributed by atoms with Crippen LogP contribution in [-0.2, 0) is 10.3 Å². The van der Waals surface area contributed by atoms with Gasteiger partial charge in [-0.3, -0.25) is 19.5 Å². The molecule has 6 heteroatoms. The van der Waals surface area contributed by atoms with Crippen LogP contribution in [0.5, 0.6) is 0 Å². The van der Waals surface area contributed by atoms with Crippen LogP contribution in [0.1, 0.15) is 75.9 Å². The minimum absolute atomic E-state index is 0.556. The van der Waals surface area contributed by atoms with Crippen molar-refractivity contribution in [2.75, 3.05) is 0 Å². The lowest BCUT2D eigenvalue weighted by molar-refractivity contribution is -0.139. The Morgan fingerprint density at radius 2 is 1.38 bits per heavy atom. The van der Waals surface area contributed by atoms with E-state index in [1.54, 1.807) is 13.0 Å². The first-order valence-corrected chi connectivity index (χ1v) is 18.1. The summed E-state index contributed by atoms with van der Waals surface area (Å²) in [5, 5.41) is 14.8. The van der Waals surface area contributed by atoms with Gasteiger partial charge in [-0.1, -0.05) is 149 Å². The number of aromatic nitrogens is 3. The molecule has 0 amide bonds. The van der Waals surface area contributed by atoms with Crippen LogP contribution in [0.15, 0.2) is 163 Å². The lowest BCUT2D eigenvalue weighted by atomic mass is 9.77. The first-order valence-electron chi connectivity index (χ1n) is 18.1. The second kappa shape index (κ2) is 18.9. The van der Waals surface area contributed by atoms with Crippen LogP contribution in [0, 0.1) is 12.8 Å². The number of hydrogen-bond acceptors (Lipinski definition) is 4. The van der Waals surface area contributed by atoms with Gasteiger partial charge in [0.1, 0.15) is 11.2 Å². The molecule has 0 spiro atoms. The highest BCUT2D eigenvalue weighted by atomic mass is 16.4. The molecule has 3 aromatic carbocycles. The molecule has 2 aromatic heterocycles. The molecule has 1 N–H and O–H groups in total. The van der Waals surface area contributed by atoms with Gasteiger partial charge < -0.3 is 5.11 Å². The van der Waals surface area contributed by atoms with Crippen LogP contribution in [0.25, 0.3) is 17.0 Å². The van der Waals surface area contributed by atoms with Gasteiger partial charge in [0, 0.05) is 30.1 Å². The first kappa shape index (κ1) is 38.9. The van der Waals surface area contributed by atoms with Crippen molar-refractivity contribution >= 4 is 17.3 Å². The second-order valence-corrected chi connectivity index (χ2v) is 11.8. The number of hydrogen-bond donors (Lipinski definition) is 1. The Morgan fingerprint density at radius 3 is 1.88 bits per heavy atom. The van der Waals surface area contributed by atoms with Crippen molar-refractivity contribution in [3.63, 3.8) is 0 Å². The molecule has 1 atom stereocenters. The zero-order chi connectivity index (χ0) is 37.5. The maximum absolute atomic E-state index is 11.4. The number of carboxylic acids is 1. The van der Waals surface area contributed by atoms with Crippen molar-refractivity contribution in [2.24, 2.45) is 10.9 Å². The van der Waals surface area contributed by atoms with Crippen molar-refractivity contribution in [3.05, 3.63) is 185 Å². The van der Waals surface area contributed by atoms with Gasteiger partial charge >= 0.3 is 5.97 Å². The van der Waals surface area contributed by atoms with Crippen LogP contribution < -0.4 is 0 Å². The Bertz CT molecular complexity index is 1960. The van der Waals surface area contributed by atoms with Crippen LogP contribution in [0.3, 0.4) is 0 Å². The largest absolute Gasteiger partial charge is 0.481 e. The highest BCUT2D eigenvalue weighted by Crippen LogP contribution is 2.42. The Balaban J connectivity index is 0.00000146. The summed E-state index contributed by atoms with van der Waals surface area (Å²) in [6, 6.07) is 37.5. The summed E-state index contributed by atoms with van der Waals surface area (Å²) < 4.78 is 2.09. The van der Waals surface area contributed by atoms with E-state index >= 15 is 0 Å². The van der Waals surface area contributed by atoms with Gasteiger partial charge in [-0.2, -0.15) is 5.10 Å². The molecule has 0 saturated carbocycles. The van der Waals surface area contributed by atoms with E-state index in [4.69, 9.17) is 15.1 Å². The fourth-order valence-electron chi connectivity index (χ4n) is 6.17. The average molecular weight is 691 g/mol. The summed E-state index contributed by atoms with van der Waals surface area (Å²) in [6.07, 6.45) is 14.2. The molecular formula is C46H50N4O2. The lowest BCUT2D eigenvalue weighted by Gasteiger charge is -2.36. The number of carbonyl (C=O) groups is 1. The highest BCUT2D eigenvalue weighted by molar-refractivity contribution is 6.05. The van der Waals surface area contributed by atoms with Crippen molar-refractivity contribution < 1.29 is 9.90 Å². The Morgan fingerprint density at radius 1 is 0.827 bits per heavy atom. The number of allylic oxidation sites excluding steroid dienone is 6. The average Bonchev–Trinajstić information content (AvgIpc) is 3.50. The fraction of sp³-hybridized carbons (Fsp3) is 0.217. The number of aryl methyl sites for hydroxylation is 1. The number of nitrogens with zero attached hydrogens (tertiary/aromatic N) is 4. The molecule has 266 valence electrons. The van der Waals surface area contributed by atoms with Crippen molar-refractivity contribution in [2.45, 2.75) is 60.4 Å². The molecule has 1 aliphatic heterocycles. The van der Waals surface area contributed by atoms with E-state index in [-0.39, 0.29) is 0 Å². The predicted octanol–water partition coefficient (Wildman–Crippen LogP) is 11.1. The SMILES string of the molecule is C/C=C(\C=C/C(C)C(=O)O)C1=NC=CC(c2cn(C(c3ccccc3)(c3ccccc3)c3ccccc3)nc2-c2cccc(C)n2)=CC1.CC.CC. The maximum atomic E-state index is 11.4. The lowest BCUT2D eigenvalue weighted by Crippen LogP contribution is -2.38. The zero-order valence-electron chi connectivity index (χ0n) is 31.4. The standard InChI is InChI=1S/C42H38N4O2.2C2H6/c1-4-32(24-23-30(2)41(47)48)38-26-25-33(27-28-43-38)37-29-46(45-40(37)39-22-14-15-31(3)44-39)42(34-16-8-5-9-17-34,35-18-10-6-11-19-35)36-20-12-7-13-21-36;2*1-2/h4-25,27-30H,26H2,1-3H3,(H,47,48);2*1-2H3/b24-23-,32-4+;;. The summed E-state index contributed by atoms with van der Waals surface area (Å²) in [7, 11) is 0. The third-order valence-corrected chi connectivity index (χ3v) is 8.67. The number of carboxylic acid groups (broad SMARTS) is 1. The summed E-state index contributed by atoms with van der Waals surface area (Å²) in [4.78, 5) is 21.1. The van der Waals surface area contributed by atoms with Crippen LogP contribution in [0.4, 0.5) is 0 Å². The van der Waals surface area contributed by atoms with Gasteiger partial charge in [-0.05, 0) is 66.8 Å². The Labute approximate surface area is 309 Å². The molecule has 1 aliphatic rings. The van der Waals surface area contributed by atoms with Crippen LogP contribution in [0.2, 0.25) is 0 Å². The molecule has 0 bridgehead atoms. The Kier molecular flexibility index (Phi) is 14.2. The first-order chi connectivity index (χ1) is 25.4. The molecule has 6 rings (SSSR count). The van der Waals surface area contributed by atoms with E-state index in [9.17, 15) is 9.90 Å². The molecule has 52 heavy (non-hydrogen) atoms. The maximum Gasteiger partial charge on any atom is 0.310 e. The van der Waals surface area contributed by atoms with E-state index < -0.39 is 17.4 Å². The summed E-state index contributed by atoms with van der Waals surface area (Å²) in [6.45, 7) is 13.6. The smallest absolute Gasteiger partial charge is 0.310 e. The monoisotopic (exact) mass is 690 g/mol. The highest BCUT2D eigenvalue weighted by Gasteiger charge is 2.40. The molecule has 0 radical (unpaired) electrons. The number of rotatable bonds is 10. The van der Waals surface area contributed by atoms with Crippen molar-refractivity contribution in [1.82, 2.24) is 14.8 Å². The molecule has 5 aromatic rings. The molecule has 0 saturated heterocycles. The van der Waals surface area contributed by atoms with E-state index in [0.717, 1.165) is 56.2 Å². The normalized spacial score (nSPS) is 13.5. The molecule has 1 unspecified atom stereocenters. The summed E-state index contributed by atoms with van der Waals surface area (Å²) in [5.74, 6) is -1.46. The third-order valence-electron chi connectivity index (χ3n) is 8.67. The van der Waals surface area contributed by atoms with Gasteiger partial charge in [-0.15, -0.1) is 0 Å². The number of aliphatic carboxylic acids is 1. The zero-order valence-corrected chi connectivity index (χ0v) is 31.4. The minimum Gasteiger partial charge on any atom is -0.481 e. The number of aliphatic imine (C=N–C) groups is 1. The molecular weight excluding hydrogens is 641 g/mol. The second-order valence-electron chi connectivity index (χ2n) is 11.8. The number of benzene rings is 3. The van der Waals surface area contributed by atoms with Gasteiger partial charge in [0.2, 0.25) is 0 Å². The predicted molar refractivity (Wildman–Crippen MR) is 216 cm³/mol. The Hall–Kier alpha value is -5.88. The van der Waals surface area contributed by atoms with Crippen LogP contribution >= 0.6 is 0 Å².